The van der Waals surface area contributed by atoms with Crippen molar-refractivity contribution in [1.29, 1.82) is 0 Å². The van der Waals surface area contributed by atoms with Crippen LogP contribution in [-0.2, 0) is 22.4 Å². The number of anilines is 2. The van der Waals surface area contributed by atoms with Crippen molar-refractivity contribution in [2.45, 2.75) is 45.4 Å². The molecular formula is C23H28N2O3S. The molecule has 0 bridgehead atoms. The lowest BCUT2D eigenvalue weighted by Gasteiger charge is -2.33. The van der Waals surface area contributed by atoms with Gasteiger partial charge in [0.25, 0.3) is 0 Å². The van der Waals surface area contributed by atoms with Crippen LogP contribution in [-0.4, -0.2) is 31.6 Å². The van der Waals surface area contributed by atoms with Gasteiger partial charge in [-0.25, -0.2) is 4.79 Å². The summed E-state index contributed by atoms with van der Waals surface area (Å²) in [5, 5.41) is 3.78. The molecule has 1 aromatic heterocycles. The van der Waals surface area contributed by atoms with Gasteiger partial charge in [0.05, 0.1) is 12.2 Å². The molecule has 0 atom stereocenters. The maximum Gasteiger partial charge on any atom is 0.341 e. The number of amides is 1. The van der Waals surface area contributed by atoms with Crippen LogP contribution in [0.3, 0.4) is 0 Å². The van der Waals surface area contributed by atoms with E-state index in [9.17, 15) is 9.59 Å². The Morgan fingerprint density at radius 1 is 1.14 bits per heavy atom. The van der Waals surface area contributed by atoms with Crippen LogP contribution in [0.4, 0.5) is 10.7 Å². The van der Waals surface area contributed by atoms with E-state index in [0.717, 1.165) is 57.2 Å². The molecule has 0 saturated carbocycles. The van der Waals surface area contributed by atoms with Crippen molar-refractivity contribution in [2.75, 3.05) is 29.9 Å². The number of hydrogen-bond donors (Lipinski definition) is 1. The van der Waals surface area contributed by atoms with E-state index in [1.807, 2.05) is 25.1 Å². The van der Waals surface area contributed by atoms with Crippen molar-refractivity contribution in [3.05, 3.63) is 46.3 Å². The van der Waals surface area contributed by atoms with Gasteiger partial charge in [0, 0.05) is 29.6 Å². The number of aryl methyl sites for hydroxylation is 1. The summed E-state index contributed by atoms with van der Waals surface area (Å²) in [5.41, 5.74) is 2.90. The van der Waals surface area contributed by atoms with E-state index in [0.29, 0.717) is 17.2 Å². The summed E-state index contributed by atoms with van der Waals surface area (Å²) in [7, 11) is 0. The van der Waals surface area contributed by atoms with Crippen molar-refractivity contribution in [3.8, 4) is 0 Å². The number of benzene rings is 1. The number of para-hydroxylation sites is 1. The molecule has 6 heteroatoms. The lowest BCUT2D eigenvalue weighted by molar-refractivity contribution is -0.120. The van der Waals surface area contributed by atoms with E-state index in [1.165, 1.54) is 10.6 Å². The van der Waals surface area contributed by atoms with E-state index in [1.54, 1.807) is 11.3 Å². The van der Waals surface area contributed by atoms with Crippen LogP contribution in [0.2, 0.25) is 0 Å². The van der Waals surface area contributed by atoms with Crippen LogP contribution < -0.4 is 10.2 Å². The minimum atomic E-state index is -0.305. The van der Waals surface area contributed by atoms with Crippen LogP contribution in [0.1, 0.15) is 53.4 Å². The molecule has 1 amide bonds. The standard InChI is InChI=1S/C23H28N2O3S/c1-2-28-23(27)20-18-10-6-7-11-19(18)29-22(20)24-21(26)16-12-14-25(15-13-16)17-8-4-3-5-9-17/h3-5,8-9,16H,2,6-7,10-15H2,1H3,(H,24,26). The van der Waals surface area contributed by atoms with Gasteiger partial charge in [0.2, 0.25) is 5.91 Å². The summed E-state index contributed by atoms with van der Waals surface area (Å²) in [6, 6.07) is 10.3. The van der Waals surface area contributed by atoms with Gasteiger partial charge in [-0.15, -0.1) is 11.3 Å². The van der Waals surface area contributed by atoms with Crippen LogP contribution in [0.5, 0.6) is 0 Å². The summed E-state index contributed by atoms with van der Waals surface area (Å²) < 4.78 is 5.29. The molecule has 1 N–H and O–H groups in total. The Morgan fingerprint density at radius 2 is 1.86 bits per heavy atom. The molecule has 1 fully saturated rings. The largest absolute Gasteiger partial charge is 0.462 e. The molecule has 154 valence electrons. The predicted molar refractivity (Wildman–Crippen MR) is 117 cm³/mol. The topological polar surface area (TPSA) is 58.6 Å². The second-order valence-corrected chi connectivity index (χ2v) is 8.83. The Bertz CT molecular complexity index is 870. The normalized spacial score (nSPS) is 16.9. The van der Waals surface area contributed by atoms with Crippen LogP contribution >= 0.6 is 11.3 Å². The molecule has 2 aliphatic rings. The number of carbonyl (C=O) groups is 2. The number of nitrogens with one attached hydrogen (secondary N) is 1. The molecule has 1 aliphatic heterocycles. The van der Waals surface area contributed by atoms with E-state index < -0.39 is 0 Å². The fraction of sp³-hybridized carbons (Fsp3) is 0.478. The number of piperidine rings is 1. The molecule has 1 saturated heterocycles. The monoisotopic (exact) mass is 412 g/mol. The summed E-state index contributed by atoms with van der Waals surface area (Å²) in [6.45, 7) is 3.89. The maximum atomic E-state index is 13.0. The molecule has 5 nitrogen and oxygen atoms in total. The summed E-state index contributed by atoms with van der Waals surface area (Å²) >= 11 is 1.56. The minimum Gasteiger partial charge on any atom is -0.462 e. The van der Waals surface area contributed by atoms with E-state index in [4.69, 9.17) is 4.74 Å². The molecule has 1 aliphatic carbocycles. The van der Waals surface area contributed by atoms with Gasteiger partial charge in [-0.2, -0.15) is 0 Å². The SMILES string of the molecule is CCOC(=O)c1c(NC(=O)C2CCN(c3ccccc3)CC2)sc2c1CCCC2. The molecule has 29 heavy (non-hydrogen) atoms. The zero-order valence-electron chi connectivity index (χ0n) is 16.9. The molecule has 2 heterocycles. The van der Waals surface area contributed by atoms with Crippen molar-refractivity contribution >= 4 is 33.9 Å². The van der Waals surface area contributed by atoms with Crippen molar-refractivity contribution in [2.24, 2.45) is 5.92 Å². The lowest BCUT2D eigenvalue weighted by Crippen LogP contribution is -2.38. The second-order valence-electron chi connectivity index (χ2n) is 7.72. The van der Waals surface area contributed by atoms with Crippen molar-refractivity contribution in [1.82, 2.24) is 0 Å². The summed E-state index contributed by atoms with van der Waals surface area (Å²) in [6.07, 6.45) is 5.74. The highest BCUT2D eigenvalue weighted by atomic mass is 32.1. The first-order chi connectivity index (χ1) is 14.2. The molecule has 2 aromatic rings. The number of esters is 1. The van der Waals surface area contributed by atoms with Crippen LogP contribution in [0.25, 0.3) is 0 Å². The highest BCUT2D eigenvalue weighted by Gasteiger charge is 2.30. The Morgan fingerprint density at radius 3 is 2.59 bits per heavy atom. The van der Waals surface area contributed by atoms with Gasteiger partial charge in [-0.3, -0.25) is 4.79 Å². The highest BCUT2D eigenvalue weighted by Crippen LogP contribution is 2.39. The fourth-order valence-corrected chi connectivity index (χ4v) is 5.61. The lowest BCUT2D eigenvalue weighted by atomic mass is 9.94. The van der Waals surface area contributed by atoms with Gasteiger partial charge in [-0.1, -0.05) is 18.2 Å². The third-order valence-electron chi connectivity index (χ3n) is 5.87. The minimum absolute atomic E-state index is 0.0239. The second kappa shape index (κ2) is 8.99. The summed E-state index contributed by atoms with van der Waals surface area (Å²) in [4.78, 5) is 29.1. The first-order valence-electron chi connectivity index (χ1n) is 10.6. The fourth-order valence-electron chi connectivity index (χ4n) is 4.33. The Hall–Kier alpha value is -2.34. The smallest absolute Gasteiger partial charge is 0.341 e. The predicted octanol–water partition coefficient (Wildman–Crippen LogP) is 4.66. The van der Waals surface area contributed by atoms with Gasteiger partial charge in [0.15, 0.2) is 0 Å². The zero-order chi connectivity index (χ0) is 20.2. The number of ether oxygens (including phenoxy) is 1. The van der Waals surface area contributed by atoms with Gasteiger partial charge < -0.3 is 15.0 Å². The Labute approximate surface area is 176 Å². The molecule has 0 radical (unpaired) electrons. The van der Waals surface area contributed by atoms with Gasteiger partial charge >= 0.3 is 5.97 Å². The molecule has 4 rings (SSSR count). The Kier molecular flexibility index (Phi) is 6.19. The maximum absolute atomic E-state index is 13.0. The van der Waals surface area contributed by atoms with Crippen molar-refractivity contribution < 1.29 is 14.3 Å². The first kappa shape index (κ1) is 20.0. The number of hydrogen-bond acceptors (Lipinski definition) is 5. The van der Waals surface area contributed by atoms with E-state index >= 15 is 0 Å². The Balaban J connectivity index is 1.45. The highest BCUT2D eigenvalue weighted by molar-refractivity contribution is 7.17. The molecule has 0 spiro atoms. The number of rotatable bonds is 5. The number of fused-ring (bicyclic) bond motifs is 1. The number of thiophene rings is 1. The van der Waals surface area contributed by atoms with Crippen LogP contribution in [0, 0.1) is 5.92 Å². The zero-order valence-corrected chi connectivity index (χ0v) is 17.7. The number of carbonyl (C=O) groups excluding carboxylic acids is 2. The number of nitrogens with zero attached hydrogens (tertiary/aromatic N) is 1. The average Bonchev–Trinajstić information content (AvgIpc) is 3.12. The third kappa shape index (κ3) is 4.32. The summed E-state index contributed by atoms with van der Waals surface area (Å²) in [5.74, 6) is -0.299. The van der Waals surface area contributed by atoms with Crippen molar-refractivity contribution in [3.63, 3.8) is 0 Å². The van der Waals surface area contributed by atoms with E-state index in [-0.39, 0.29) is 17.8 Å². The quantitative estimate of drug-likeness (QED) is 0.726. The van der Waals surface area contributed by atoms with Crippen LogP contribution in [0.15, 0.2) is 30.3 Å². The van der Waals surface area contributed by atoms with E-state index in [2.05, 4.69) is 22.3 Å². The third-order valence-corrected chi connectivity index (χ3v) is 7.08. The molecular weight excluding hydrogens is 384 g/mol. The first-order valence-corrected chi connectivity index (χ1v) is 11.4. The average molecular weight is 413 g/mol. The molecule has 1 aromatic carbocycles. The molecule has 0 unspecified atom stereocenters. The van der Waals surface area contributed by atoms with Gasteiger partial charge in [0.1, 0.15) is 5.00 Å². The van der Waals surface area contributed by atoms with Gasteiger partial charge in [-0.05, 0) is 63.1 Å².